The molecule has 4 rings (SSSR count). The average molecular weight is 396 g/mol. The number of likely N-dealkylation sites (tertiary alicyclic amines) is 1. The first-order chi connectivity index (χ1) is 14.2. The van der Waals surface area contributed by atoms with Crippen molar-refractivity contribution in [1.29, 1.82) is 0 Å². The SMILES string of the molecule is COc1ccccc1C(C)NC(=O)CN1CCCC1c1ccc2c(c1)OCCO2. The van der Waals surface area contributed by atoms with Crippen molar-refractivity contribution in [2.24, 2.45) is 0 Å². The largest absolute Gasteiger partial charge is 0.496 e. The Bertz CT molecular complexity index is 870. The van der Waals surface area contributed by atoms with Crippen LogP contribution in [0, 0.1) is 0 Å². The lowest BCUT2D eigenvalue weighted by Crippen LogP contribution is -2.38. The van der Waals surface area contributed by atoms with E-state index in [1.54, 1.807) is 7.11 Å². The van der Waals surface area contributed by atoms with Gasteiger partial charge < -0.3 is 19.5 Å². The van der Waals surface area contributed by atoms with Crippen molar-refractivity contribution in [2.75, 3.05) is 33.4 Å². The molecule has 154 valence electrons. The van der Waals surface area contributed by atoms with Gasteiger partial charge in [-0.1, -0.05) is 24.3 Å². The number of carbonyl (C=O) groups excluding carboxylic acids is 1. The number of para-hydroxylation sites is 1. The topological polar surface area (TPSA) is 60.0 Å². The van der Waals surface area contributed by atoms with E-state index in [2.05, 4.69) is 22.3 Å². The van der Waals surface area contributed by atoms with E-state index in [-0.39, 0.29) is 18.0 Å². The first-order valence-corrected chi connectivity index (χ1v) is 10.2. The fourth-order valence-electron chi connectivity index (χ4n) is 4.23. The number of benzene rings is 2. The minimum absolute atomic E-state index is 0.0212. The molecule has 2 aliphatic rings. The molecule has 2 aromatic rings. The second-order valence-electron chi connectivity index (χ2n) is 7.56. The van der Waals surface area contributed by atoms with Gasteiger partial charge in [0.15, 0.2) is 11.5 Å². The van der Waals surface area contributed by atoms with E-state index < -0.39 is 0 Å². The number of nitrogens with zero attached hydrogens (tertiary/aromatic N) is 1. The van der Waals surface area contributed by atoms with Crippen LogP contribution in [0.5, 0.6) is 17.2 Å². The Hall–Kier alpha value is -2.73. The van der Waals surface area contributed by atoms with E-state index in [0.717, 1.165) is 42.2 Å². The zero-order valence-electron chi connectivity index (χ0n) is 17.0. The first-order valence-electron chi connectivity index (χ1n) is 10.2. The zero-order valence-corrected chi connectivity index (χ0v) is 17.0. The summed E-state index contributed by atoms with van der Waals surface area (Å²) >= 11 is 0. The number of methoxy groups -OCH3 is 1. The number of rotatable bonds is 6. The molecular formula is C23H28N2O4. The van der Waals surface area contributed by atoms with Crippen LogP contribution in [-0.4, -0.2) is 44.2 Å². The van der Waals surface area contributed by atoms with Crippen LogP contribution in [-0.2, 0) is 4.79 Å². The molecule has 2 aromatic carbocycles. The second-order valence-corrected chi connectivity index (χ2v) is 7.56. The molecule has 2 unspecified atom stereocenters. The van der Waals surface area contributed by atoms with Crippen molar-refractivity contribution < 1.29 is 19.0 Å². The van der Waals surface area contributed by atoms with Gasteiger partial charge in [0, 0.05) is 11.6 Å². The Labute approximate surface area is 171 Å². The van der Waals surface area contributed by atoms with Crippen molar-refractivity contribution in [3.05, 3.63) is 53.6 Å². The van der Waals surface area contributed by atoms with Crippen LogP contribution < -0.4 is 19.5 Å². The molecule has 0 saturated carbocycles. The maximum atomic E-state index is 12.8. The Balaban J connectivity index is 1.41. The third-order valence-corrected chi connectivity index (χ3v) is 5.64. The van der Waals surface area contributed by atoms with E-state index in [1.165, 1.54) is 5.56 Å². The summed E-state index contributed by atoms with van der Waals surface area (Å²) in [6.07, 6.45) is 2.11. The molecule has 1 saturated heterocycles. The highest BCUT2D eigenvalue weighted by atomic mass is 16.6. The maximum Gasteiger partial charge on any atom is 0.234 e. The molecule has 1 amide bonds. The molecule has 6 heteroatoms. The highest BCUT2D eigenvalue weighted by Gasteiger charge is 2.29. The average Bonchev–Trinajstić information content (AvgIpc) is 3.21. The van der Waals surface area contributed by atoms with E-state index in [1.807, 2.05) is 37.3 Å². The minimum atomic E-state index is -0.117. The normalized spacial score (nSPS) is 19.6. The monoisotopic (exact) mass is 396 g/mol. The van der Waals surface area contributed by atoms with Crippen molar-refractivity contribution in [3.8, 4) is 17.2 Å². The van der Waals surface area contributed by atoms with Crippen molar-refractivity contribution in [3.63, 3.8) is 0 Å². The van der Waals surface area contributed by atoms with E-state index in [0.29, 0.717) is 19.8 Å². The van der Waals surface area contributed by atoms with E-state index >= 15 is 0 Å². The van der Waals surface area contributed by atoms with Crippen molar-refractivity contribution in [1.82, 2.24) is 10.2 Å². The molecule has 1 fully saturated rings. The minimum Gasteiger partial charge on any atom is -0.496 e. The summed E-state index contributed by atoms with van der Waals surface area (Å²) in [5.74, 6) is 2.41. The van der Waals surface area contributed by atoms with Gasteiger partial charge in [-0.05, 0) is 50.1 Å². The Morgan fingerprint density at radius 2 is 2.00 bits per heavy atom. The van der Waals surface area contributed by atoms with Crippen LogP contribution in [0.4, 0.5) is 0 Å². The van der Waals surface area contributed by atoms with Gasteiger partial charge in [-0.2, -0.15) is 0 Å². The third-order valence-electron chi connectivity index (χ3n) is 5.64. The lowest BCUT2D eigenvalue weighted by atomic mass is 10.0. The summed E-state index contributed by atoms with van der Waals surface area (Å²) in [6.45, 7) is 4.44. The third kappa shape index (κ3) is 4.32. The zero-order chi connectivity index (χ0) is 20.2. The van der Waals surface area contributed by atoms with Gasteiger partial charge in [0.05, 0.1) is 19.7 Å². The van der Waals surface area contributed by atoms with Crippen molar-refractivity contribution >= 4 is 5.91 Å². The lowest BCUT2D eigenvalue weighted by Gasteiger charge is -2.27. The standard InChI is InChI=1S/C23H28N2O4/c1-16(18-6-3-4-8-20(18)27-2)24-23(26)15-25-11-5-7-19(25)17-9-10-21-22(14-17)29-13-12-28-21/h3-4,6,8-10,14,16,19H,5,7,11-13,15H2,1-2H3,(H,24,26). The van der Waals surface area contributed by atoms with Crippen LogP contribution >= 0.6 is 0 Å². The number of hydrogen-bond acceptors (Lipinski definition) is 5. The number of nitrogens with one attached hydrogen (secondary N) is 1. The van der Waals surface area contributed by atoms with Gasteiger partial charge in [-0.15, -0.1) is 0 Å². The van der Waals surface area contributed by atoms with Gasteiger partial charge >= 0.3 is 0 Å². The predicted molar refractivity (Wildman–Crippen MR) is 111 cm³/mol. The molecule has 2 atom stereocenters. The smallest absolute Gasteiger partial charge is 0.234 e. The van der Waals surface area contributed by atoms with Crippen LogP contribution in [0.25, 0.3) is 0 Å². The molecule has 0 aliphatic carbocycles. The Morgan fingerprint density at radius 1 is 1.21 bits per heavy atom. The van der Waals surface area contributed by atoms with Gasteiger partial charge in [0.25, 0.3) is 0 Å². The second kappa shape index (κ2) is 8.74. The van der Waals surface area contributed by atoms with E-state index in [9.17, 15) is 4.79 Å². The summed E-state index contributed by atoms with van der Waals surface area (Å²) < 4.78 is 16.8. The molecule has 2 heterocycles. The summed E-state index contributed by atoms with van der Waals surface area (Å²) in [5.41, 5.74) is 2.16. The first kappa shape index (κ1) is 19.6. The number of amides is 1. The Kier molecular flexibility index (Phi) is 5.90. The van der Waals surface area contributed by atoms with Gasteiger partial charge in [0.2, 0.25) is 5.91 Å². The van der Waals surface area contributed by atoms with Crippen LogP contribution in [0.1, 0.15) is 43.0 Å². The van der Waals surface area contributed by atoms with Crippen LogP contribution in [0.15, 0.2) is 42.5 Å². The summed E-state index contributed by atoms with van der Waals surface area (Å²) in [5, 5.41) is 3.11. The molecule has 0 radical (unpaired) electrons. The number of hydrogen-bond donors (Lipinski definition) is 1. The highest BCUT2D eigenvalue weighted by molar-refractivity contribution is 5.78. The number of fused-ring (bicyclic) bond motifs is 1. The molecule has 6 nitrogen and oxygen atoms in total. The van der Waals surface area contributed by atoms with E-state index in [4.69, 9.17) is 14.2 Å². The van der Waals surface area contributed by atoms with Crippen LogP contribution in [0.3, 0.4) is 0 Å². The molecule has 2 aliphatic heterocycles. The molecule has 0 bridgehead atoms. The summed E-state index contributed by atoms with van der Waals surface area (Å²) in [4.78, 5) is 15.0. The lowest BCUT2D eigenvalue weighted by molar-refractivity contribution is -0.123. The maximum absolute atomic E-state index is 12.8. The van der Waals surface area contributed by atoms with Crippen molar-refractivity contribution in [2.45, 2.75) is 31.8 Å². The molecule has 0 spiro atoms. The predicted octanol–water partition coefficient (Wildman–Crippen LogP) is 3.48. The quantitative estimate of drug-likeness (QED) is 0.810. The molecular weight excluding hydrogens is 368 g/mol. The fourth-order valence-corrected chi connectivity index (χ4v) is 4.23. The molecule has 29 heavy (non-hydrogen) atoms. The van der Waals surface area contributed by atoms with Gasteiger partial charge in [-0.25, -0.2) is 0 Å². The fraction of sp³-hybridized carbons (Fsp3) is 0.435. The summed E-state index contributed by atoms with van der Waals surface area (Å²) in [6, 6.07) is 14.0. The van der Waals surface area contributed by atoms with Gasteiger partial charge in [-0.3, -0.25) is 9.69 Å². The van der Waals surface area contributed by atoms with Gasteiger partial charge in [0.1, 0.15) is 19.0 Å². The Morgan fingerprint density at radius 3 is 2.83 bits per heavy atom. The highest BCUT2D eigenvalue weighted by Crippen LogP contribution is 2.38. The van der Waals surface area contributed by atoms with Crippen LogP contribution in [0.2, 0.25) is 0 Å². The molecule has 1 N–H and O–H groups in total. The number of carbonyl (C=O) groups is 1. The molecule has 0 aromatic heterocycles. The summed E-state index contributed by atoms with van der Waals surface area (Å²) in [7, 11) is 1.65. The number of ether oxygens (including phenoxy) is 3.